The van der Waals surface area contributed by atoms with E-state index in [0.29, 0.717) is 6.54 Å². The monoisotopic (exact) mass is 366 g/mol. The average molecular weight is 366 g/mol. The maximum Gasteiger partial charge on any atom is 0.242 e. The Morgan fingerprint density at radius 1 is 1.15 bits per heavy atom. The second-order valence-electron chi connectivity index (χ2n) is 6.56. The fraction of sp³-hybridized carbons (Fsp3) is 0.350. The number of para-hydroxylation sites is 1. The summed E-state index contributed by atoms with van der Waals surface area (Å²) in [4.78, 5) is 26.4. The molecule has 134 valence electrons. The van der Waals surface area contributed by atoms with Crippen molar-refractivity contribution < 1.29 is 4.79 Å². The molecule has 6 heteroatoms. The van der Waals surface area contributed by atoms with E-state index >= 15 is 0 Å². The number of nitrogens with zero attached hydrogens (tertiary/aromatic N) is 4. The Morgan fingerprint density at radius 2 is 2.04 bits per heavy atom. The molecule has 3 heterocycles. The van der Waals surface area contributed by atoms with Gasteiger partial charge in [0.05, 0.1) is 12.1 Å². The Balaban J connectivity index is 1.76. The molecule has 1 aromatic carbocycles. The maximum atomic E-state index is 12.7. The van der Waals surface area contributed by atoms with Gasteiger partial charge in [-0.05, 0) is 36.4 Å². The zero-order valence-electron chi connectivity index (χ0n) is 14.9. The minimum absolute atomic E-state index is 0.184. The molecular formula is C20H22N4OS. The van der Waals surface area contributed by atoms with Gasteiger partial charge in [-0.2, -0.15) is 11.3 Å². The van der Waals surface area contributed by atoms with Crippen LogP contribution in [0.1, 0.15) is 19.8 Å². The number of carbonyl (C=O) groups is 1. The van der Waals surface area contributed by atoms with Crippen molar-refractivity contribution in [3.63, 3.8) is 0 Å². The molecule has 0 atom stereocenters. The van der Waals surface area contributed by atoms with Gasteiger partial charge in [-0.25, -0.2) is 9.97 Å². The van der Waals surface area contributed by atoms with Crippen molar-refractivity contribution in [2.75, 3.05) is 31.1 Å². The number of rotatable bonds is 4. The summed E-state index contributed by atoms with van der Waals surface area (Å²) in [6, 6.07) is 10.1. The van der Waals surface area contributed by atoms with Crippen molar-refractivity contribution in [1.82, 2.24) is 14.9 Å². The lowest BCUT2D eigenvalue weighted by Crippen LogP contribution is -2.37. The molecule has 1 fully saturated rings. The van der Waals surface area contributed by atoms with Crippen LogP contribution in [0.15, 0.2) is 41.1 Å². The molecule has 4 rings (SSSR count). The normalized spacial score (nSPS) is 15.5. The zero-order chi connectivity index (χ0) is 17.9. The highest BCUT2D eigenvalue weighted by atomic mass is 32.1. The number of hydrogen-bond acceptors (Lipinski definition) is 5. The van der Waals surface area contributed by atoms with Crippen molar-refractivity contribution in [1.29, 1.82) is 0 Å². The third-order valence-electron chi connectivity index (χ3n) is 4.69. The highest BCUT2D eigenvalue weighted by Crippen LogP contribution is 2.29. The van der Waals surface area contributed by atoms with Crippen LogP contribution in [-0.4, -0.2) is 47.0 Å². The van der Waals surface area contributed by atoms with Gasteiger partial charge in [-0.15, -0.1) is 0 Å². The minimum Gasteiger partial charge on any atom is -0.347 e. The molecule has 5 nitrogen and oxygen atoms in total. The Kier molecular flexibility index (Phi) is 4.84. The first kappa shape index (κ1) is 17.0. The molecule has 3 aromatic rings. The van der Waals surface area contributed by atoms with Crippen LogP contribution in [0.3, 0.4) is 0 Å². The third kappa shape index (κ3) is 3.29. The van der Waals surface area contributed by atoms with Crippen molar-refractivity contribution in [2.24, 2.45) is 0 Å². The van der Waals surface area contributed by atoms with E-state index in [-0.39, 0.29) is 5.91 Å². The van der Waals surface area contributed by atoms with E-state index in [9.17, 15) is 4.79 Å². The van der Waals surface area contributed by atoms with Crippen LogP contribution in [0.4, 0.5) is 5.82 Å². The summed E-state index contributed by atoms with van der Waals surface area (Å²) in [7, 11) is 0. The van der Waals surface area contributed by atoms with E-state index in [4.69, 9.17) is 9.97 Å². The molecule has 0 radical (unpaired) electrons. The molecule has 2 aromatic heterocycles. The third-order valence-corrected chi connectivity index (χ3v) is 5.37. The highest BCUT2D eigenvalue weighted by molar-refractivity contribution is 7.08. The Morgan fingerprint density at radius 3 is 2.85 bits per heavy atom. The van der Waals surface area contributed by atoms with Crippen LogP contribution in [0.5, 0.6) is 0 Å². The fourth-order valence-electron chi connectivity index (χ4n) is 3.43. The van der Waals surface area contributed by atoms with E-state index in [1.54, 1.807) is 11.3 Å². The van der Waals surface area contributed by atoms with Crippen LogP contribution >= 0.6 is 11.3 Å². The quantitative estimate of drug-likeness (QED) is 0.705. The summed E-state index contributed by atoms with van der Waals surface area (Å²) in [5.41, 5.74) is 1.94. The number of fused-ring (bicyclic) bond motifs is 1. The maximum absolute atomic E-state index is 12.7. The first-order chi connectivity index (χ1) is 12.8. The fourth-order valence-corrected chi connectivity index (χ4v) is 4.06. The number of hydrogen-bond donors (Lipinski definition) is 0. The van der Waals surface area contributed by atoms with Crippen molar-refractivity contribution in [2.45, 2.75) is 19.8 Å². The number of anilines is 1. The van der Waals surface area contributed by atoms with E-state index in [2.05, 4.69) is 17.2 Å². The molecule has 1 aliphatic heterocycles. The molecule has 0 aliphatic carbocycles. The minimum atomic E-state index is 0.184. The van der Waals surface area contributed by atoms with Crippen LogP contribution in [0.2, 0.25) is 0 Å². The molecule has 0 unspecified atom stereocenters. The standard InChI is InChI=1S/C20H22N4OS/c1-2-9-23-10-5-11-24(13-18(23)25)20-16-6-3-4-7-17(16)21-19(22-20)15-8-12-26-14-15/h3-4,6-8,12,14H,2,5,9-11,13H2,1H3. The smallest absolute Gasteiger partial charge is 0.242 e. The molecule has 1 aliphatic rings. The van der Waals surface area contributed by atoms with Crippen molar-refractivity contribution >= 4 is 34.0 Å². The second kappa shape index (κ2) is 7.41. The Bertz CT molecular complexity index is 909. The van der Waals surface area contributed by atoms with Crippen LogP contribution < -0.4 is 4.90 Å². The van der Waals surface area contributed by atoms with Gasteiger partial charge >= 0.3 is 0 Å². The van der Waals surface area contributed by atoms with Crippen molar-refractivity contribution in [3.05, 3.63) is 41.1 Å². The second-order valence-corrected chi connectivity index (χ2v) is 7.34. The SMILES string of the molecule is CCCN1CCCN(c2nc(-c3ccsc3)nc3ccccc23)CC1=O. The average Bonchev–Trinajstić information content (AvgIpc) is 3.14. The van der Waals surface area contributed by atoms with Crippen LogP contribution in [0.25, 0.3) is 22.3 Å². The van der Waals surface area contributed by atoms with Crippen molar-refractivity contribution in [3.8, 4) is 11.4 Å². The molecular weight excluding hydrogens is 344 g/mol. The molecule has 1 saturated heterocycles. The molecule has 0 saturated carbocycles. The molecule has 0 spiro atoms. The largest absolute Gasteiger partial charge is 0.347 e. The summed E-state index contributed by atoms with van der Waals surface area (Å²) in [6.45, 7) is 4.97. The van der Waals surface area contributed by atoms with Crippen LogP contribution in [0, 0.1) is 0 Å². The zero-order valence-corrected chi connectivity index (χ0v) is 15.7. The number of aromatic nitrogens is 2. The topological polar surface area (TPSA) is 49.3 Å². The lowest BCUT2D eigenvalue weighted by atomic mass is 10.2. The van der Waals surface area contributed by atoms with E-state index < -0.39 is 0 Å². The summed E-state index contributed by atoms with van der Waals surface area (Å²) < 4.78 is 0. The van der Waals surface area contributed by atoms with Crippen LogP contribution in [-0.2, 0) is 4.79 Å². The van der Waals surface area contributed by atoms with E-state index in [1.807, 2.05) is 40.6 Å². The van der Waals surface area contributed by atoms with Gasteiger partial charge in [-0.1, -0.05) is 19.1 Å². The molecule has 1 amide bonds. The van der Waals surface area contributed by atoms with Gasteiger partial charge in [0.2, 0.25) is 5.91 Å². The summed E-state index contributed by atoms with van der Waals surface area (Å²) >= 11 is 1.64. The van der Waals surface area contributed by atoms with Gasteiger partial charge in [0.1, 0.15) is 5.82 Å². The number of carbonyl (C=O) groups excluding carboxylic acids is 1. The summed E-state index contributed by atoms with van der Waals surface area (Å²) in [6.07, 6.45) is 1.95. The Labute approximate surface area is 157 Å². The number of thiophene rings is 1. The number of benzene rings is 1. The first-order valence-corrected chi connectivity index (χ1v) is 10.0. The predicted molar refractivity (Wildman–Crippen MR) is 107 cm³/mol. The Hall–Kier alpha value is -2.47. The van der Waals surface area contributed by atoms with E-state index in [1.165, 1.54) is 0 Å². The summed E-state index contributed by atoms with van der Waals surface area (Å²) in [5, 5.41) is 5.10. The summed E-state index contributed by atoms with van der Waals surface area (Å²) in [5.74, 6) is 1.77. The lowest BCUT2D eigenvalue weighted by molar-refractivity contribution is -0.129. The van der Waals surface area contributed by atoms with Gasteiger partial charge in [-0.3, -0.25) is 4.79 Å². The van der Waals surface area contributed by atoms with Gasteiger partial charge < -0.3 is 9.80 Å². The predicted octanol–water partition coefficient (Wildman–Crippen LogP) is 3.81. The van der Waals surface area contributed by atoms with Gasteiger partial charge in [0, 0.05) is 36.0 Å². The molecule has 0 N–H and O–H groups in total. The van der Waals surface area contributed by atoms with E-state index in [0.717, 1.165) is 60.6 Å². The first-order valence-electron chi connectivity index (χ1n) is 9.08. The molecule has 26 heavy (non-hydrogen) atoms. The van der Waals surface area contributed by atoms with Gasteiger partial charge in [0.25, 0.3) is 0 Å². The number of amides is 1. The highest BCUT2D eigenvalue weighted by Gasteiger charge is 2.24. The van der Waals surface area contributed by atoms with Gasteiger partial charge in [0.15, 0.2) is 5.82 Å². The lowest BCUT2D eigenvalue weighted by Gasteiger charge is -2.23. The molecule has 0 bridgehead atoms.